The monoisotopic (exact) mass is 516 g/mol. The minimum Gasteiger partial charge on any atom is -0.664 e. The molecule has 3 aromatic heterocycles. The molecule has 0 radical (unpaired) electrons. The van der Waals surface area contributed by atoms with Crippen LogP contribution >= 0.6 is 0 Å². The SMILES string of the molecule is COC(=O)[C@H]1C(=O)c2c3[n-]c(c2C)/C=c2\[n-]/c(c(C)c2C)=C\c2[n-]c(cc2C)/C=C2\[N-]/C(=C\31)[C@@H](C)[C@@H]2C.[Mg+2]. The van der Waals surface area contributed by atoms with Gasteiger partial charge >= 0.3 is 29.0 Å². The van der Waals surface area contributed by atoms with Crippen LogP contribution in [0.1, 0.15) is 69.2 Å². The minimum atomic E-state index is -1.06. The van der Waals surface area contributed by atoms with Crippen LogP contribution in [0.15, 0.2) is 17.5 Å². The Morgan fingerprint density at radius 1 is 0.868 bits per heavy atom. The predicted molar refractivity (Wildman–Crippen MR) is 147 cm³/mol. The smallest absolute Gasteiger partial charge is 0.664 e. The Bertz CT molecular complexity index is 1710. The van der Waals surface area contributed by atoms with E-state index in [4.69, 9.17) is 25.0 Å². The summed E-state index contributed by atoms with van der Waals surface area (Å²) in [5.41, 5.74) is 9.48. The van der Waals surface area contributed by atoms with Gasteiger partial charge < -0.3 is 25.0 Å². The standard InChI is InChI=1S/C30H29N4O3.Mg/c1-12-8-18-9-20-15(4)16(5)27(33-20)25-26(30(36)37-7)29(35)24-17(6)23(34-28(24)25)11-22-14(3)13(2)21(32-22)10-19(12)31-18;/h8-11,15-16,26H,1-7H3,(H-,33,34,35);/q-3;+2/p-1/b20-9-,21-10-,22-11-;/t15-,16-,26+;/m0./s1. The molecule has 1 saturated heterocycles. The number of nitrogens with zero attached hydrogens (tertiary/aromatic N) is 4. The second kappa shape index (κ2) is 9.20. The number of esters is 1. The number of hydrogen-bond donors (Lipinski definition) is 0. The van der Waals surface area contributed by atoms with Gasteiger partial charge in [0.05, 0.1) is 7.11 Å². The van der Waals surface area contributed by atoms with Gasteiger partial charge in [0.1, 0.15) is 5.92 Å². The van der Waals surface area contributed by atoms with E-state index < -0.39 is 11.9 Å². The van der Waals surface area contributed by atoms with Crippen molar-refractivity contribution in [2.45, 2.75) is 41.5 Å². The Labute approximate surface area is 237 Å². The van der Waals surface area contributed by atoms with Gasteiger partial charge in [-0.3, -0.25) is 9.59 Å². The van der Waals surface area contributed by atoms with Gasteiger partial charge in [-0.1, -0.05) is 66.0 Å². The number of carbonyl (C=O) groups is 2. The maximum absolute atomic E-state index is 13.7. The van der Waals surface area contributed by atoms with Gasteiger partial charge in [0.25, 0.3) is 0 Å². The summed E-state index contributed by atoms with van der Waals surface area (Å²) in [6.45, 7) is 12.2. The van der Waals surface area contributed by atoms with Crippen molar-refractivity contribution >= 4 is 58.6 Å². The van der Waals surface area contributed by atoms with Crippen LogP contribution < -0.4 is 25.7 Å². The summed E-state index contributed by atoms with van der Waals surface area (Å²) in [5.74, 6) is -1.86. The average Bonchev–Trinajstić information content (AvgIpc) is 3.60. The number of carbonyl (C=O) groups excluding carboxylic acids is 2. The number of hydrogen-bond acceptors (Lipinski definition) is 3. The number of fused-ring (bicyclic) bond motifs is 7. The number of Topliss-reactive ketones (excluding diaryl/α,β-unsaturated/α-hetero) is 1. The predicted octanol–water partition coefficient (Wildman–Crippen LogP) is 2.78. The van der Waals surface area contributed by atoms with Crippen LogP contribution in [-0.4, -0.2) is 41.9 Å². The zero-order chi connectivity index (χ0) is 26.3. The quantitative estimate of drug-likeness (QED) is 0.280. The molecule has 3 aliphatic rings. The van der Waals surface area contributed by atoms with Crippen molar-refractivity contribution in [3.63, 3.8) is 0 Å². The number of ketones is 1. The van der Waals surface area contributed by atoms with Gasteiger partial charge in [0.15, 0.2) is 5.78 Å². The van der Waals surface area contributed by atoms with Crippen molar-refractivity contribution in [3.05, 3.63) is 84.1 Å². The van der Waals surface area contributed by atoms with E-state index in [0.29, 0.717) is 28.2 Å². The Morgan fingerprint density at radius 3 is 2.18 bits per heavy atom. The van der Waals surface area contributed by atoms with Gasteiger partial charge in [-0.25, -0.2) is 0 Å². The van der Waals surface area contributed by atoms with E-state index in [2.05, 4.69) is 26.8 Å². The van der Waals surface area contributed by atoms with E-state index in [-0.39, 0.29) is 40.7 Å². The van der Waals surface area contributed by atoms with Crippen LogP contribution in [0.5, 0.6) is 0 Å². The zero-order valence-corrected chi connectivity index (χ0v) is 24.2. The fraction of sp³-hybridized carbons (Fsp3) is 0.333. The fourth-order valence-corrected chi connectivity index (χ4v) is 5.68. The number of allylic oxidation sites excluding steroid dienone is 2. The molecule has 3 aromatic rings. The summed E-state index contributed by atoms with van der Waals surface area (Å²) in [6.07, 6.45) is 5.96. The van der Waals surface area contributed by atoms with Crippen molar-refractivity contribution in [2.75, 3.05) is 7.11 Å². The summed E-state index contributed by atoms with van der Waals surface area (Å²) in [5, 5.41) is 6.67. The molecule has 0 spiro atoms. The van der Waals surface area contributed by atoms with Gasteiger partial charge in [0.2, 0.25) is 0 Å². The van der Waals surface area contributed by atoms with Crippen LogP contribution in [-0.2, 0) is 9.53 Å². The van der Waals surface area contributed by atoms with Crippen LogP contribution in [0.4, 0.5) is 0 Å². The second-order valence-electron chi connectivity index (χ2n) is 10.4. The summed E-state index contributed by atoms with van der Waals surface area (Å²) in [6, 6.07) is 2.05. The maximum Gasteiger partial charge on any atom is 2.00 e. The molecule has 0 saturated carbocycles. The van der Waals surface area contributed by atoms with Crippen molar-refractivity contribution in [1.29, 1.82) is 0 Å². The van der Waals surface area contributed by atoms with Crippen LogP contribution in [0.3, 0.4) is 0 Å². The Balaban J connectivity index is 0.00000294. The number of rotatable bonds is 1. The van der Waals surface area contributed by atoms with Crippen molar-refractivity contribution in [1.82, 2.24) is 15.0 Å². The number of aryl methyl sites for hydroxylation is 1. The average molecular weight is 517 g/mol. The van der Waals surface area contributed by atoms with E-state index in [0.717, 1.165) is 50.0 Å². The summed E-state index contributed by atoms with van der Waals surface area (Å²) < 4.78 is 5.08. The van der Waals surface area contributed by atoms with E-state index in [1.54, 1.807) is 0 Å². The summed E-state index contributed by atoms with van der Waals surface area (Å²) in [4.78, 5) is 41.3. The Kier molecular flexibility index (Phi) is 6.39. The third-order valence-electron chi connectivity index (χ3n) is 8.32. The van der Waals surface area contributed by atoms with Crippen molar-refractivity contribution < 1.29 is 14.3 Å². The number of aromatic nitrogens is 3. The van der Waals surface area contributed by atoms with Crippen molar-refractivity contribution in [3.8, 4) is 0 Å². The maximum atomic E-state index is 13.7. The molecule has 1 aliphatic carbocycles. The third kappa shape index (κ3) is 3.68. The normalized spacial score (nSPS) is 26.4. The molecular weight excluding hydrogens is 489 g/mol. The largest absolute Gasteiger partial charge is 2.00 e. The molecule has 0 amide bonds. The Hall–Kier alpha value is -3.23. The minimum absolute atomic E-state index is 0. The molecule has 7 nitrogen and oxygen atoms in total. The number of methoxy groups -OCH3 is 1. The second-order valence-corrected chi connectivity index (χ2v) is 10.4. The van der Waals surface area contributed by atoms with Gasteiger partial charge in [-0.05, 0) is 39.5 Å². The van der Waals surface area contributed by atoms with E-state index in [1.807, 2.05) is 39.0 Å². The first-order valence-electron chi connectivity index (χ1n) is 12.6. The molecule has 5 heterocycles. The van der Waals surface area contributed by atoms with Gasteiger partial charge in [-0.15, -0.1) is 33.5 Å². The Morgan fingerprint density at radius 2 is 1.53 bits per heavy atom. The first kappa shape index (κ1) is 26.4. The van der Waals surface area contributed by atoms with Gasteiger partial charge in [-0.2, -0.15) is 11.4 Å². The van der Waals surface area contributed by atoms with Crippen LogP contribution in [0.2, 0.25) is 0 Å². The van der Waals surface area contributed by atoms with E-state index in [1.165, 1.54) is 7.11 Å². The molecule has 38 heavy (non-hydrogen) atoms. The molecule has 3 atom stereocenters. The third-order valence-corrected chi connectivity index (χ3v) is 8.32. The molecule has 0 N–H and O–H groups in total. The zero-order valence-electron chi connectivity index (χ0n) is 22.8. The first-order chi connectivity index (χ1) is 17.6. The molecule has 2 aliphatic heterocycles. The first-order valence-corrected chi connectivity index (χ1v) is 12.6. The van der Waals surface area contributed by atoms with Crippen LogP contribution in [0, 0.1) is 45.4 Å². The molecular formula is C30H28MgN4O3-2. The molecule has 6 rings (SSSR count). The molecule has 8 bridgehead atoms. The van der Waals surface area contributed by atoms with Gasteiger partial charge in [0, 0.05) is 5.56 Å². The topological polar surface area (TPSA) is 99.8 Å². The molecule has 1 fully saturated rings. The fourth-order valence-electron chi connectivity index (χ4n) is 5.68. The summed E-state index contributed by atoms with van der Waals surface area (Å²) >= 11 is 0. The molecule has 8 heteroatoms. The van der Waals surface area contributed by atoms with E-state index in [9.17, 15) is 9.59 Å². The molecule has 0 aromatic carbocycles. The molecule has 0 unspecified atom stereocenters. The van der Waals surface area contributed by atoms with Crippen LogP contribution in [0.25, 0.3) is 29.1 Å². The van der Waals surface area contributed by atoms with Crippen molar-refractivity contribution in [2.24, 2.45) is 17.8 Å². The molecule has 190 valence electrons. The summed E-state index contributed by atoms with van der Waals surface area (Å²) in [7, 11) is 1.31. The number of ether oxygens (including phenoxy) is 1. The van der Waals surface area contributed by atoms with E-state index >= 15 is 0 Å².